The highest BCUT2D eigenvalue weighted by Gasteiger charge is 2.09. The van der Waals surface area contributed by atoms with Gasteiger partial charge in [0.15, 0.2) is 0 Å². The van der Waals surface area contributed by atoms with Crippen LogP contribution >= 0.6 is 17.0 Å². The van der Waals surface area contributed by atoms with E-state index in [1.165, 1.54) is 0 Å². The Morgan fingerprint density at radius 2 is 2.07 bits per heavy atom. The first-order chi connectivity index (χ1) is 6.74. The minimum atomic E-state index is -0.223. The second-order valence-corrected chi connectivity index (χ2v) is 3.11. The molecule has 2 rings (SSSR count). The molecule has 0 aliphatic rings. The van der Waals surface area contributed by atoms with Gasteiger partial charge in [-0.3, -0.25) is 15.0 Å². The van der Waals surface area contributed by atoms with Crippen molar-refractivity contribution in [3.05, 3.63) is 28.0 Å². The van der Waals surface area contributed by atoms with Crippen molar-refractivity contribution in [2.75, 3.05) is 6.54 Å². The first kappa shape index (κ1) is 11.8. The zero-order valence-corrected chi connectivity index (χ0v) is 9.62. The Morgan fingerprint density at radius 1 is 1.33 bits per heavy atom. The van der Waals surface area contributed by atoms with Crippen molar-refractivity contribution in [1.82, 2.24) is 10.2 Å². The lowest BCUT2D eigenvalue weighted by molar-refractivity contribution is 0.480. The smallest absolute Gasteiger partial charge is 0.272 e. The number of hydrogen-bond acceptors (Lipinski definition) is 3. The lowest BCUT2D eigenvalue weighted by Gasteiger charge is -2.00. The molecule has 5 nitrogen and oxygen atoms in total. The van der Waals surface area contributed by atoms with Crippen LogP contribution in [0.4, 0.5) is 0 Å². The molecule has 15 heavy (non-hydrogen) atoms. The Hall–Kier alpha value is -1.27. The molecule has 0 atom stereocenters. The van der Waals surface area contributed by atoms with E-state index in [0.717, 1.165) is 5.56 Å². The fraction of sp³-hybridized carbons (Fsp3) is 0.222. The van der Waals surface area contributed by atoms with Gasteiger partial charge in [-0.2, -0.15) is 0 Å². The average Bonchev–Trinajstić information content (AvgIpc) is 2.55. The molecule has 1 heterocycles. The van der Waals surface area contributed by atoms with E-state index in [9.17, 15) is 9.90 Å². The van der Waals surface area contributed by atoms with Gasteiger partial charge in [0.1, 0.15) is 11.3 Å². The first-order valence-electron chi connectivity index (χ1n) is 4.35. The van der Waals surface area contributed by atoms with Gasteiger partial charge in [0.05, 0.1) is 5.39 Å². The van der Waals surface area contributed by atoms with E-state index in [1.807, 2.05) is 0 Å². The summed E-state index contributed by atoms with van der Waals surface area (Å²) in [6.45, 7) is 0.477. The second kappa shape index (κ2) is 4.50. The number of nitrogens with one attached hydrogen (secondary N) is 2. The van der Waals surface area contributed by atoms with Gasteiger partial charge < -0.3 is 10.8 Å². The summed E-state index contributed by atoms with van der Waals surface area (Å²) in [5, 5.41) is 15.0. The number of halogens is 1. The maximum atomic E-state index is 11.4. The van der Waals surface area contributed by atoms with Crippen molar-refractivity contribution in [3.63, 3.8) is 0 Å². The quantitative estimate of drug-likeness (QED) is 0.647. The van der Waals surface area contributed by atoms with Gasteiger partial charge in [-0.15, -0.1) is 17.0 Å². The fourth-order valence-electron chi connectivity index (χ4n) is 1.57. The Balaban J connectivity index is 0.00000112. The van der Waals surface area contributed by atoms with Gasteiger partial charge in [-0.05, 0) is 24.6 Å². The van der Waals surface area contributed by atoms with Crippen molar-refractivity contribution in [1.29, 1.82) is 0 Å². The highest BCUT2D eigenvalue weighted by atomic mass is 79.9. The summed E-state index contributed by atoms with van der Waals surface area (Å²) in [4.78, 5) is 11.4. The summed E-state index contributed by atoms with van der Waals surface area (Å²) in [5.41, 5.74) is 6.50. The number of fused-ring (bicyclic) bond motifs is 1. The van der Waals surface area contributed by atoms with E-state index in [4.69, 9.17) is 5.73 Å². The molecule has 0 spiro atoms. The highest BCUT2D eigenvalue weighted by molar-refractivity contribution is 8.93. The summed E-state index contributed by atoms with van der Waals surface area (Å²) in [6.07, 6.45) is 0.623. The zero-order valence-electron chi connectivity index (χ0n) is 7.91. The summed E-state index contributed by atoms with van der Waals surface area (Å²) in [6, 6.07) is 3.27. The van der Waals surface area contributed by atoms with E-state index in [1.54, 1.807) is 12.1 Å². The molecule has 5 N–H and O–H groups in total. The number of phenolic OH excluding ortho intramolecular Hbond substituents is 1. The lowest BCUT2D eigenvalue weighted by atomic mass is 10.1. The summed E-state index contributed by atoms with van der Waals surface area (Å²) >= 11 is 0. The van der Waals surface area contributed by atoms with Crippen LogP contribution in [0.15, 0.2) is 16.9 Å². The van der Waals surface area contributed by atoms with Crippen molar-refractivity contribution in [2.45, 2.75) is 6.42 Å². The third-order valence-corrected chi connectivity index (χ3v) is 2.21. The number of rotatable bonds is 2. The SMILES string of the molecule is Br.NCCc1ccc(O)c2[nH][nH]c(=O)c12. The molecular formula is C9H12BrN3O2. The van der Waals surface area contributed by atoms with Gasteiger partial charge in [-0.1, -0.05) is 6.07 Å². The number of H-pyrrole nitrogens is 2. The van der Waals surface area contributed by atoms with E-state index in [2.05, 4.69) is 10.2 Å². The normalized spacial score (nSPS) is 10.2. The fourth-order valence-corrected chi connectivity index (χ4v) is 1.57. The topological polar surface area (TPSA) is 94.9 Å². The molecule has 0 aliphatic carbocycles. The monoisotopic (exact) mass is 273 g/mol. The molecular weight excluding hydrogens is 262 g/mol. The van der Waals surface area contributed by atoms with E-state index >= 15 is 0 Å². The van der Waals surface area contributed by atoms with Crippen LogP contribution in [0, 0.1) is 0 Å². The van der Waals surface area contributed by atoms with Crippen LogP contribution in [0.3, 0.4) is 0 Å². The van der Waals surface area contributed by atoms with Crippen molar-refractivity contribution >= 4 is 27.9 Å². The van der Waals surface area contributed by atoms with Crippen LogP contribution in [-0.2, 0) is 6.42 Å². The largest absolute Gasteiger partial charge is 0.506 e. The number of aromatic hydroxyl groups is 1. The average molecular weight is 274 g/mol. The number of aromatic nitrogens is 2. The third-order valence-electron chi connectivity index (χ3n) is 2.21. The van der Waals surface area contributed by atoms with Crippen LogP contribution in [-0.4, -0.2) is 21.8 Å². The maximum Gasteiger partial charge on any atom is 0.272 e. The number of phenols is 1. The zero-order chi connectivity index (χ0) is 10.1. The molecule has 1 aromatic carbocycles. The number of hydrogen-bond donors (Lipinski definition) is 4. The van der Waals surface area contributed by atoms with E-state index in [-0.39, 0.29) is 28.3 Å². The molecule has 0 unspecified atom stereocenters. The molecule has 0 fully saturated rings. The van der Waals surface area contributed by atoms with Crippen LogP contribution in [0.5, 0.6) is 5.75 Å². The van der Waals surface area contributed by atoms with Crippen LogP contribution in [0.1, 0.15) is 5.56 Å². The Bertz CT molecular complexity index is 518. The lowest BCUT2D eigenvalue weighted by Crippen LogP contribution is -2.06. The molecule has 82 valence electrons. The number of nitrogens with two attached hydrogens (primary N) is 1. The molecule has 0 amide bonds. The molecule has 1 aromatic heterocycles. The number of benzene rings is 1. The second-order valence-electron chi connectivity index (χ2n) is 3.11. The minimum absolute atomic E-state index is 0. The van der Waals surface area contributed by atoms with Gasteiger partial charge >= 0.3 is 0 Å². The molecule has 0 bridgehead atoms. The summed E-state index contributed by atoms with van der Waals surface area (Å²) in [7, 11) is 0. The molecule has 0 saturated carbocycles. The Kier molecular flexibility index (Phi) is 3.54. The first-order valence-corrected chi connectivity index (χ1v) is 4.35. The van der Waals surface area contributed by atoms with Gasteiger partial charge in [0, 0.05) is 0 Å². The number of aromatic amines is 2. The molecule has 6 heteroatoms. The Morgan fingerprint density at radius 3 is 2.73 bits per heavy atom. The van der Waals surface area contributed by atoms with Gasteiger partial charge in [-0.25, -0.2) is 0 Å². The predicted octanol–water partition coefficient (Wildman–Crippen LogP) is 0.641. The standard InChI is InChI=1S/C9H11N3O2.BrH/c10-4-3-5-1-2-6(13)8-7(5)9(14)12-11-8;/h1-2,13H,3-4,10H2,(H2,11,12,14);1H. The van der Waals surface area contributed by atoms with Crippen molar-refractivity contribution in [3.8, 4) is 5.75 Å². The molecule has 2 aromatic rings. The van der Waals surface area contributed by atoms with E-state index in [0.29, 0.717) is 23.9 Å². The summed E-state index contributed by atoms with van der Waals surface area (Å²) in [5.74, 6) is 0.0686. The molecule has 0 radical (unpaired) electrons. The van der Waals surface area contributed by atoms with E-state index < -0.39 is 0 Å². The van der Waals surface area contributed by atoms with Crippen molar-refractivity contribution in [2.24, 2.45) is 5.73 Å². The highest BCUT2D eigenvalue weighted by Crippen LogP contribution is 2.22. The molecule has 0 aliphatic heterocycles. The molecule has 0 saturated heterocycles. The third kappa shape index (κ3) is 1.91. The predicted molar refractivity (Wildman–Crippen MR) is 63.7 cm³/mol. The minimum Gasteiger partial charge on any atom is -0.506 e. The van der Waals surface area contributed by atoms with Crippen LogP contribution < -0.4 is 11.3 Å². The van der Waals surface area contributed by atoms with Crippen molar-refractivity contribution < 1.29 is 5.11 Å². The van der Waals surface area contributed by atoms with Gasteiger partial charge in [0.25, 0.3) is 5.56 Å². The van der Waals surface area contributed by atoms with Crippen LogP contribution in [0.2, 0.25) is 0 Å². The van der Waals surface area contributed by atoms with Crippen LogP contribution in [0.25, 0.3) is 10.9 Å². The summed E-state index contributed by atoms with van der Waals surface area (Å²) < 4.78 is 0. The Labute approximate surface area is 96.0 Å². The maximum absolute atomic E-state index is 11.4. The van der Waals surface area contributed by atoms with Gasteiger partial charge in [0.2, 0.25) is 0 Å².